The Morgan fingerprint density at radius 3 is 2.62 bits per heavy atom. The standard InChI is InChI=1S/C18H22F2N4O2/c1-13-15(11-22(2)21-13)12-23-6-8-24(9-7-23)17(25)14-4-3-5-16(10-14)26-18(19)20/h3-5,10-11,18H,6-9,12H2,1-2H3. The van der Waals surface area contributed by atoms with E-state index in [1.165, 1.54) is 17.7 Å². The van der Waals surface area contributed by atoms with Crippen LogP contribution in [0.5, 0.6) is 5.75 Å². The number of benzene rings is 1. The second-order valence-corrected chi connectivity index (χ2v) is 6.39. The number of piperazine rings is 1. The van der Waals surface area contributed by atoms with Crippen molar-refractivity contribution in [2.24, 2.45) is 7.05 Å². The molecule has 0 atom stereocenters. The molecule has 0 aliphatic carbocycles. The Kier molecular flexibility index (Phi) is 5.51. The molecule has 1 fully saturated rings. The summed E-state index contributed by atoms with van der Waals surface area (Å²) in [5, 5.41) is 4.35. The van der Waals surface area contributed by atoms with Crippen LogP contribution < -0.4 is 4.74 Å². The molecule has 1 aromatic heterocycles. The lowest BCUT2D eigenvalue weighted by Gasteiger charge is -2.34. The zero-order chi connectivity index (χ0) is 18.7. The van der Waals surface area contributed by atoms with Gasteiger partial charge in [-0.3, -0.25) is 14.4 Å². The van der Waals surface area contributed by atoms with Crippen molar-refractivity contribution in [1.82, 2.24) is 19.6 Å². The minimum atomic E-state index is -2.90. The average molecular weight is 364 g/mol. The maximum absolute atomic E-state index is 12.6. The van der Waals surface area contributed by atoms with Gasteiger partial charge in [0.1, 0.15) is 5.75 Å². The number of carbonyl (C=O) groups excluding carboxylic acids is 1. The minimum absolute atomic E-state index is 0.00320. The number of rotatable bonds is 5. The predicted molar refractivity (Wildman–Crippen MR) is 92.2 cm³/mol. The number of hydrogen-bond donors (Lipinski definition) is 0. The smallest absolute Gasteiger partial charge is 0.387 e. The third kappa shape index (κ3) is 4.37. The van der Waals surface area contributed by atoms with Gasteiger partial charge < -0.3 is 9.64 Å². The molecule has 0 radical (unpaired) electrons. The summed E-state index contributed by atoms with van der Waals surface area (Å²) < 4.78 is 30.8. The van der Waals surface area contributed by atoms with E-state index >= 15 is 0 Å². The highest BCUT2D eigenvalue weighted by atomic mass is 19.3. The Bertz CT molecular complexity index is 770. The molecule has 6 nitrogen and oxygen atoms in total. The van der Waals surface area contributed by atoms with Crippen LogP contribution in [0, 0.1) is 6.92 Å². The van der Waals surface area contributed by atoms with Crippen molar-refractivity contribution in [3.8, 4) is 5.75 Å². The monoisotopic (exact) mass is 364 g/mol. The summed E-state index contributed by atoms with van der Waals surface area (Å²) in [6.45, 7) is 2.60. The summed E-state index contributed by atoms with van der Waals surface area (Å²) >= 11 is 0. The van der Waals surface area contributed by atoms with Gasteiger partial charge >= 0.3 is 6.61 Å². The zero-order valence-electron chi connectivity index (χ0n) is 14.9. The summed E-state index contributed by atoms with van der Waals surface area (Å²) in [6.07, 6.45) is 2.02. The number of alkyl halides is 2. The van der Waals surface area contributed by atoms with Crippen molar-refractivity contribution >= 4 is 5.91 Å². The summed E-state index contributed by atoms with van der Waals surface area (Å²) in [5.41, 5.74) is 2.56. The van der Waals surface area contributed by atoms with Crippen LogP contribution in [0.3, 0.4) is 0 Å². The number of aromatic nitrogens is 2. The second-order valence-electron chi connectivity index (χ2n) is 6.39. The van der Waals surface area contributed by atoms with Crippen LogP contribution in [0.2, 0.25) is 0 Å². The molecule has 2 heterocycles. The maximum atomic E-state index is 12.6. The summed E-state index contributed by atoms with van der Waals surface area (Å²) in [4.78, 5) is 16.6. The molecule has 0 bridgehead atoms. The Morgan fingerprint density at radius 1 is 1.27 bits per heavy atom. The van der Waals surface area contributed by atoms with Gasteiger partial charge in [0.2, 0.25) is 0 Å². The SMILES string of the molecule is Cc1nn(C)cc1CN1CCN(C(=O)c2cccc(OC(F)F)c2)CC1. The van der Waals surface area contributed by atoms with Crippen LogP contribution >= 0.6 is 0 Å². The number of carbonyl (C=O) groups is 1. The molecule has 0 spiro atoms. The van der Waals surface area contributed by atoms with Gasteiger partial charge in [0.25, 0.3) is 5.91 Å². The van der Waals surface area contributed by atoms with Gasteiger partial charge in [-0.1, -0.05) is 6.07 Å². The van der Waals surface area contributed by atoms with Crippen molar-refractivity contribution in [3.63, 3.8) is 0 Å². The van der Waals surface area contributed by atoms with Crippen LogP contribution in [0.1, 0.15) is 21.6 Å². The van der Waals surface area contributed by atoms with Crippen molar-refractivity contribution in [1.29, 1.82) is 0 Å². The molecule has 0 unspecified atom stereocenters. The van der Waals surface area contributed by atoms with Crippen molar-refractivity contribution < 1.29 is 18.3 Å². The molecule has 0 saturated carbocycles. The molecule has 1 aromatic carbocycles. The topological polar surface area (TPSA) is 50.6 Å². The number of nitrogens with zero attached hydrogens (tertiary/aromatic N) is 4. The lowest BCUT2D eigenvalue weighted by Crippen LogP contribution is -2.48. The molecule has 1 aliphatic heterocycles. The number of aryl methyl sites for hydroxylation is 2. The van der Waals surface area contributed by atoms with E-state index < -0.39 is 6.61 Å². The van der Waals surface area contributed by atoms with Crippen LogP contribution in [0.4, 0.5) is 8.78 Å². The maximum Gasteiger partial charge on any atom is 0.387 e. The Labute approximate surface area is 151 Å². The molecule has 0 N–H and O–H groups in total. The first-order chi connectivity index (χ1) is 12.4. The van der Waals surface area contributed by atoms with E-state index in [0.717, 1.165) is 25.3 Å². The number of ether oxygens (including phenoxy) is 1. The van der Waals surface area contributed by atoms with Crippen molar-refractivity contribution in [3.05, 3.63) is 47.3 Å². The zero-order valence-corrected chi connectivity index (χ0v) is 14.9. The highest BCUT2D eigenvalue weighted by Crippen LogP contribution is 2.18. The molecule has 1 aliphatic rings. The van der Waals surface area contributed by atoms with E-state index in [4.69, 9.17) is 0 Å². The Morgan fingerprint density at radius 2 is 2.00 bits per heavy atom. The van der Waals surface area contributed by atoms with Crippen LogP contribution in [0.25, 0.3) is 0 Å². The predicted octanol–water partition coefficient (Wildman–Crippen LogP) is 2.29. The van der Waals surface area contributed by atoms with Crippen molar-refractivity contribution in [2.75, 3.05) is 26.2 Å². The van der Waals surface area contributed by atoms with E-state index in [1.807, 2.05) is 20.2 Å². The molecule has 1 amide bonds. The molecule has 140 valence electrons. The van der Waals surface area contributed by atoms with Crippen LogP contribution in [-0.4, -0.2) is 58.3 Å². The Balaban J connectivity index is 1.57. The molecule has 1 saturated heterocycles. The Hall–Kier alpha value is -2.48. The fourth-order valence-corrected chi connectivity index (χ4v) is 3.14. The summed E-state index contributed by atoms with van der Waals surface area (Å²) in [6, 6.07) is 5.94. The van der Waals surface area contributed by atoms with E-state index in [2.05, 4.69) is 14.7 Å². The molecule has 2 aromatic rings. The van der Waals surface area contributed by atoms with E-state index in [0.29, 0.717) is 18.7 Å². The van der Waals surface area contributed by atoms with Crippen LogP contribution in [0.15, 0.2) is 30.5 Å². The molecular weight excluding hydrogens is 342 g/mol. The van der Waals surface area contributed by atoms with Gasteiger partial charge in [-0.05, 0) is 25.1 Å². The number of halogens is 2. The van der Waals surface area contributed by atoms with Gasteiger partial charge in [0.05, 0.1) is 5.69 Å². The summed E-state index contributed by atoms with van der Waals surface area (Å²) in [5.74, 6) is -0.168. The number of hydrogen-bond acceptors (Lipinski definition) is 4. The van der Waals surface area contributed by atoms with Gasteiger partial charge in [0.15, 0.2) is 0 Å². The highest BCUT2D eigenvalue weighted by molar-refractivity contribution is 5.94. The average Bonchev–Trinajstić information content (AvgIpc) is 2.92. The first-order valence-corrected chi connectivity index (χ1v) is 8.48. The fourth-order valence-electron chi connectivity index (χ4n) is 3.14. The molecular formula is C18H22F2N4O2. The highest BCUT2D eigenvalue weighted by Gasteiger charge is 2.23. The normalized spacial score (nSPS) is 15.5. The first-order valence-electron chi connectivity index (χ1n) is 8.48. The second kappa shape index (κ2) is 7.82. The van der Waals surface area contributed by atoms with Gasteiger partial charge in [-0.2, -0.15) is 13.9 Å². The van der Waals surface area contributed by atoms with Gasteiger partial charge in [-0.25, -0.2) is 0 Å². The first kappa shape index (κ1) is 18.3. The third-order valence-corrected chi connectivity index (χ3v) is 4.47. The van der Waals surface area contributed by atoms with E-state index in [-0.39, 0.29) is 11.7 Å². The van der Waals surface area contributed by atoms with Crippen LogP contribution in [-0.2, 0) is 13.6 Å². The van der Waals surface area contributed by atoms with E-state index in [1.54, 1.807) is 21.7 Å². The third-order valence-electron chi connectivity index (χ3n) is 4.47. The van der Waals surface area contributed by atoms with Gasteiger partial charge in [0, 0.05) is 57.1 Å². The molecule has 26 heavy (non-hydrogen) atoms. The van der Waals surface area contributed by atoms with Gasteiger partial charge in [-0.15, -0.1) is 0 Å². The van der Waals surface area contributed by atoms with E-state index in [9.17, 15) is 13.6 Å². The quantitative estimate of drug-likeness (QED) is 0.817. The molecule has 3 rings (SSSR count). The minimum Gasteiger partial charge on any atom is -0.435 e. The molecule has 8 heteroatoms. The lowest BCUT2D eigenvalue weighted by atomic mass is 10.1. The lowest BCUT2D eigenvalue weighted by molar-refractivity contribution is -0.0499. The fraction of sp³-hybridized carbons (Fsp3) is 0.444. The van der Waals surface area contributed by atoms with Crippen molar-refractivity contribution in [2.45, 2.75) is 20.1 Å². The summed E-state index contributed by atoms with van der Waals surface area (Å²) in [7, 11) is 1.90. The number of amides is 1. The largest absolute Gasteiger partial charge is 0.435 e.